The number of para-hydroxylation sites is 5. The zero-order chi connectivity index (χ0) is 51.7. The van der Waals surface area contributed by atoms with Gasteiger partial charge in [-0.15, -0.1) is 54.1 Å². The molecule has 1 radical (unpaired) electrons. The largest absolute Gasteiger partial charge is 0.501 e. The molecule has 12 aromatic rings. The fraction of sp³-hybridized carbons (Fsp3) is 0.169. The first-order chi connectivity index (χ1) is 35.4. The summed E-state index contributed by atoms with van der Waals surface area (Å²) < 4.78 is 45.9. The number of hydrogen-bond donors (Lipinski definition) is 0. The van der Waals surface area contributed by atoms with Crippen molar-refractivity contribution in [2.75, 3.05) is 0 Å². The van der Waals surface area contributed by atoms with Gasteiger partial charge in [0.2, 0.25) is 0 Å². The SMILES string of the molecule is [2H]C(C)(C)c1cccc(C([2H])(C)C)c1-n1c(-c2[c-]cccc2)nc2ccccc21.[2H]C([2H])(c1ccc(-c2ccnc(-c3[c-]ccc4c3oc3ccc5c(c6ccccc6n5-c5ccccc5)c34)c2)cc1)C(C)(C)C.[Ir]. The Kier molecular flexibility index (Phi) is 11.6. The monoisotopic (exact) mass is 1110 g/mol. The molecule has 0 amide bonds. The van der Waals surface area contributed by atoms with Crippen LogP contribution >= 0.6 is 0 Å². The third kappa shape index (κ3) is 8.92. The van der Waals surface area contributed by atoms with Gasteiger partial charge in [0.1, 0.15) is 5.58 Å². The summed E-state index contributed by atoms with van der Waals surface area (Å²) in [4.78, 5) is 9.66. The minimum Gasteiger partial charge on any atom is -0.501 e. The van der Waals surface area contributed by atoms with Crippen LogP contribution in [0.5, 0.6) is 0 Å². The van der Waals surface area contributed by atoms with Gasteiger partial charge in [-0.2, -0.15) is 0 Å². The summed E-state index contributed by atoms with van der Waals surface area (Å²) in [5.74, 6) is -0.895. The number of furan rings is 1. The smallest absolute Gasteiger partial charge is 0.121 e. The molecular weight excluding hydrogens is 1040 g/mol. The van der Waals surface area contributed by atoms with Crippen molar-refractivity contribution in [2.24, 2.45) is 5.41 Å². The number of hydrogen-bond acceptors (Lipinski definition) is 3. The molecule has 0 atom stereocenters. The van der Waals surface area contributed by atoms with E-state index in [1.54, 1.807) is 0 Å². The first-order valence-corrected chi connectivity index (χ1v) is 23.9. The average Bonchev–Trinajstić information content (AvgIpc) is 4.09. The molecule has 353 valence electrons. The van der Waals surface area contributed by atoms with Crippen molar-refractivity contribution < 1.29 is 30.0 Å². The van der Waals surface area contributed by atoms with Crippen LogP contribution in [0.25, 0.3) is 99.9 Å². The van der Waals surface area contributed by atoms with Crippen LogP contribution in [0.2, 0.25) is 0 Å². The second-order valence-corrected chi connectivity index (χ2v) is 19.3. The van der Waals surface area contributed by atoms with Crippen molar-refractivity contribution in [3.8, 4) is 45.1 Å². The zero-order valence-corrected chi connectivity index (χ0v) is 43.3. The second kappa shape index (κ2) is 19.4. The third-order valence-electron chi connectivity index (χ3n) is 12.8. The molecule has 4 heterocycles. The minimum absolute atomic E-state index is 0. The molecule has 0 fully saturated rings. The summed E-state index contributed by atoms with van der Waals surface area (Å²) in [7, 11) is 0. The summed E-state index contributed by atoms with van der Waals surface area (Å²) in [6.45, 7) is 13.3. The molecule has 0 saturated carbocycles. The Hall–Kier alpha value is -7.37. The molecule has 6 heteroatoms. The molecule has 0 aliphatic carbocycles. The van der Waals surface area contributed by atoms with Gasteiger partial charge in [0, 0.05) is 59.3 Å². The number of aromatic nitrogens is 4. The quantitative estimate of drug-likeness (QED) is 0.143. The van der Waals surface area contributed by atoms with Crippen LogP contribution in [-0.4, -0.2) is 19.1 Å². The average molecular weight is 1110 g/mol. The Morgan fingerprint density at radius 3 is 2.04 bits per heavy atom. The Balaban J connectivity index is 0.000000185. The predicted octanol–water partition coefficient (Wildman–Crippen LogP) is 17.5. The Morgan fingerprint density at radius 2 is 1.32 bits per heavy atom. The molecule has 8 aromatic carbocycles. The van der Waals surface area contributed by atoms with Gasteiger partial charge in [-0.25, -0.2) is 0 Å². The van der Waals surface area contributed by atoms with E-state index in [0.29, 0.717) is 5.56 Å². The summed E-state index contributed by atoms with van der Waals surface area (Å²) in [6.07, 6.45) is 0.369. The fourth-order valence-corrected chi connectivity index (χ4v) is 9.82. The van der Waals surface area contributed by atoms with Gasteiger partial charge in [0.15, 0.2) is 0 Å². The normalized spacial score (nSPS) is 13.1. The Bertz CT molecular complexity index is 4010. The van der Waals surface area contributed by atoms with E-state index >= 15 is 0 Å². The standard InChI is InChI=1S/C40H31N2O.C25H25N2.Ir/c1-40(2,3)25-26-16-18-27(19-17-26)28-22-23-41-33(24-28)30-13-9-14-32-38-36(43-39(30)32)21-20-35-37(38)31-12-7-8-15-34(31)42(35)29-10-5-4-6-11-29;1-17(2)20-13-10-14-21(18(3)4)24(20)27-23-16-9-8-15-22(23)26-25(27)19-11-6-5-7-12-19;/h4-12,14-24H,25H2,1-3H3;5-11,13-18H,1-4H3;/q2*-1;/i25D2;17D,18D;. The second-order valence-electron chi connectivity index (χ2n) is 19.3. The van der Waals surface area contributed by atoms with Crippen molar-refractivity contribution in [1.29, 1.82) is 0 Å². The van der Waals surface area contributed by atoms with E-state index in [1.165, 1.54) is 10.8 Å². The minimum atomic E-state index is -1.44. The molecule has 12 rings (SSSR count). The van der Waals surface area contributed by atoms with Gasteiger partial charge in [-0.05, 0) is 106 Å². The molecule has 71 heavy (non-hydrogen) atoms. The van der Waals surface area contributed by atoms with E-state index in [4.69, 9.17) is 19.9 Å². The maximum absolute atomic E-state index is 8.80. The predicted molar refractivity (Wildman–Crippen MR) is 292 cm³/mol. The van der Waals surface area contributed by atoms with Crippen molar-refractivity contribution in [1.82, 2.24) is 19.1 Å². The number of nitrogens with zero attached hydrogens (tertiary/aromatic N) is 4. The summed E-state index contributed by atoms with van der Waals surface area (Å²) in [5, 5.41) is 4.46. The van der Waals surface area contributed by atoms with Crippen molar-refractivity contribution in [3.05, 3.63) is 217 Å². The van der Waals surface area contributed by atoms with E-state index in [-0.39, 0.29) is 20.1 Å². The number of benzene rings is 8. The van der Waals surface area contributed by atoms with E-state index in [9.17, 15) is 0 Å². The van der Waals surface area contributed by atoms with Crippen molar-refractivity contribution >= 4 is 54.8 Å². The van der Waals surface area contributed by atoms with E-state index in [1.807, 2.05) is 164 Å². The Morgan fingerprint density at radius 1 is 0.620 bits per heavy atom. The summed E-state index contributed by atoms with van der Waals surface area (Å²) >= 11 is 0. The summed E-state index contributed by atoms with van der Waals surface area (Å²) in [6, 6.07) is 67.6. The van der Waals surface area contributed by atoms with Crippen LogP contribution in [-0.2, 0) is 26.5 Å². The maximum atomic E-state index is 8.80. The van der Waals surface area contributed by atoms with Gasteiger partial charge >= 0.3 is 0 Å². The number of fused-ring (bicyclic) bond motifs is 8. The van der Waals surface area contributed by atoms with E-state index in [2.05, 4.69) is 94.1 Å². The van der Waals surface area contributed by atoms with Crippen LogP contribution in [0, 0.1) is 17.5 Å². The molecule has 0 bridgehead atoms. The van der Waals surface area contributed by atoms with Crippen LogP contribution in [0.1, 0.15) is 82.4 Å². The third-order valence-corrected chi connectivity index (χ3v) is 12.8. The molecule has 0 saturated heterocycles. The van der Waals surface area contributed by atoms with Gasteiger partial charge in [-0.1, -0.05) is 156 Å². The van der Waals surface area contributed by atoms with Gasteiger partial charge < -0.3 is 18.5 Å². The molecular formula is C65H56IrN4O-2. The zero-order valence-electron chi connectivity index (χ0n) is 44.9. The molecule has 0 N–H and O–H groups in total. The summed E-state index contributed by atoms with van der Waals surface area (Å²) in [5.41, 5.74) is 14.1. The van der Waals surface area contributed by atoms with Gasteiger partial charge in [0.25, 0.3) is 0 Å². The molecule has 0 unspecified atom stereocenters. The van der Waals surface area contributed by atoms with Crippen LogP contribution in [0.15, 0.2) is 193 Å². The van der Waals surface area contributed by atoms with E-state index < -0.39 is 23.6 Å². The van der Waals surface area contributed by atoms with Crippen molar-refractivity contribution in [3.63, 3.8) is 0 Å². The molecule has 4 aromatic heterocycles. The van der Waals surface area contributed by atoms with Gasteiger partial charge in [0.05, 0.1) is 33.5 Å². The number of rotatable bonds is 8. The maximum Gasteiger partial charge on any atom is 0.121 e. The molecule has 5 nitrogen and oxygen atoms in total. The van der Waals surface area contributed by atoms with Crippen LogP contribution < -0.4 is 0 Å². The van der Waals surface area contributed by atoms with Crippen LogP contribution in [0.3, 0.4) is 0 Å². The molecule has 0 aliphatic heterocycles. The fourth-order valence-electron chi connectivity index (χ4n) is 9.82. The Labute approximate surface area is 435 Å². The van der Waals surface area contributed by atoms with Gasteiger partial charge in [-0.3, -0.25) is 4.98 Å². The molecule has 0 aliphatic rings. The molecule has 0 spiro atoms. The van der Waals surface area contributed by atoms with E-state index in [0.717, 1.165) is 100 Å². The van der Waals surface area contributed by atoms with Crippen LogP contribution in [0.4, 0.5) is 0 Å². The first-order valence-electron chi connectivity index (χ1n) is 25.9. The van der Waals surface area contributed by atoms with Crippen molar-refractivity contribution in [2.45, 2.75) is 66.6 Å². The first kappa shape index (κ1) is 42.5. The topological polar surface area (TPSA) is 48.8 Å². The number of imidazole rings is 1. The number of pyridine rings is 1.